The number of hydrogen-bond donors (Lipinski definition) is 2. The average Bonchev–Trinajstić information content (AvgIpc) is 2.86. The molecule has 12 heteroatoms. The van der Waals surface area contributed by atoms with Crippen molar-refractivity contribution in [3.8, 4) is 0 Å². The summed E-state index contributed by atoms with van der Waals surface area (Å²) >= 11 is 22.5. The van der Waals surface area contributed by atoms with Crippen molar-refractivity contribution in [2.24, 2.45) is 0 Å². The van der Waals surface area contributed by atoms with Crippen LogP contribution in [0.5, 0.6) is 0 Å². The Hall–Kier alpha value is -2.20. The third kappa shape index (κ3) is 6.76. The van der Waals surface area contributed by atoms with E-state index in [1.165, 1.54) is 4.90 Å². The summed E-state index contributed by atoms with van der Waals surface area (Å²) in [5.41, 5.74) is 1.70. The molecule has 2 N–H and O–H groups in total. The number of carbonyl (C=O) groups excluding carboxylic acids is 1. The summed E-state index contributed by atoms with van der Waals surface area (Å²) in [4.78, 5) is 31.2. The van der Waals surface area contributed by atoms with E-state index in [0.717, 1.165) is 4.47 Å². The average molecular weight is 664 g/mol. The first kappa shape index (κ1) is 29.8. The summed E-state index contributed by atoms with van der Waals surface area (Å²) in [5, 5.41) is 13.5. The van der Waals surface area contributed by atoms with Gasteiger partial charge in [0.2, 0.25) is 0 Å². The van der Waals surface area contributed by atoms with Gasteiger partial charge in [-0.15, -0.1) is 0 Å². The topological polar surface area (TPSA) is 82.5 Å². The number of pyridine rings is 1. The van der Waals surface area contributed by atoms with Gasteiger partial charge >= 0.3 is 5.97 Å². The van der Waals surface area contributed by atoms with Crippen LogP contribution in [0.25, 0.3) is 10.9 Å². The SMILES string of the molecule is Cc1c(N2CCCC(F)(F)C2)nc2ccc(Br)cc2c1C(=O)NC[C@H](CCC(=O)O)c1c(Cl)ccc(Cl)c1Cl. The molecule has 1 aliphatic rings. The van der Waals surface area contributed by atoms with E-state index in [1.54, 1.807) is 37.3 Å². The molecule has 208 valence electrons. The Balaban J connectivity index is 1.72. The molecule has 1 atom stereocenters. The Kier molecular flexibility index (Phi) is 9.26. The summed E-state index contributed by atoms with van der Waals surface area (Å²) < 4.78 is 29.2. The highest BCUT2D eigenvalue weighted by Gasteiger charge is 2.37. The van der Waals surface area contributed by atoms with Crippen molar-refractivity contribution in [2.45, 2.75) is 44.4 Å². The number of amides is 1. The molecule has 0 spiro atoms. The van der Waals surface area contributed by atoms with Crippen molar-refractivity contribution >= 4 is 79.3 Å². The first-order chi connectivity index (χ1) is 18.4. The molecule has 0 radical (unpaired) electrons. The third-order valence-corrected chi connectivity index (χ3v) is 8.43. The van der Waals surface area contributed by atoms with Crippen LogP contribution >= 0.6 is 50.7 Å². The number of alkyl halides is 2. The van der Waals surface area contributed by atoms with Crippen molar-refractivity contribution in [3.63, 3.8) is 0 Å². The minimum absolute atomic E-state index is 0.0142. The predicted molar refractivity (Wildman–Crippen MR) is 154 cm³/mol. The van der Waals surface area contributed by atoms with Crippen LogP contribution in [-0.4, -0.2) is 47.5 Å². The van der Waals surface area contributed by atoms with Crippen molar-refractivity contribution in [1.29, 1.82) is 0 Å². The van der Waals surface area contributed by atoms with Gasteiger partial charge in [-0.05, 0) is 55.7 Å². The monoisotopic (exact) mass is 661 g/mol. The summed E-state index contributed by atoms with van der Waals surface area (Å²) in [7, 11) is 0. The number of halogens is 6. The third-order valence-electron chi connectivity index (χ3n) is 6.79. The predicted octanol–water partition coefficient (Wildman–Crippen LogP) is 7.88. The molecule has 1 saturated heterocycles. The number of carboxylic acids is 1. The van der Waals surface area contributed by atoms with Crippen molar-refractivity contribution < 1.29 is 23.5 Å². The number of anilines is 1. The summed E-state index contributed by atoms with van der Waals surface area (Å²) in [6.07, 6.45) is 0.0749. The quantitative estimate of drug-likeness (QED) is 0.240. The Morgan fingerprint density at radius 3 is 2.62 bits per heavy atom. The van der Waals surface area contributed by atoms with Crippen LogP contribution in [0.2, 0.25) is 15.1 Å². The fourth-order valence-electron chi connectivity index (χ4n) is 4.93. The summed E-state index contributed by atoms with van der Waals surface area (Å²) in [6.45, 7) is 1.62. The van der Waals surface area contributed by atoms with Gasteiger partial charge in [0.25, 0.3) is 11.8 Å². The zero-order valence-electron chi connectivity index (χ0n) is 20.8. The number of rotatable bonds is 8. The van der Waals surface area contributed by atoms with Crippen LogP contribution in [0.15, 0.2) is 34.8 Å². The maximum atomic E-state index is 14.3. The molecule has 1 amide bonds. The number of aliphatic carboxylic acids is 1. The normalized spacial score (nSPS) is 15.8. The molecule has 0 bridgehead atoms. The van der Waals surface area contributed by atoms with Gasteiger partial charge in [-0.25, -0.2) is 13.8 Å². The van der Waals surface area contributed by atoms with Crippen molar-refractivity contribution in [3.05, 3.63) is 66.6 Å². The number of nitrogens with zero attached hydrogens (tertiary/aromatic N) is 2. The van der Waals surface area contributed by atoms with E-state index in [4.69, 9.17) is 34.8 Å². The molecular formula is C27H25BrCl3F2N3O3. The summed E-state index contributed by atoms with van der Waals surface area (Å²) in [5.74, 6) is -4.54. The number of nitrogens with one attached hydrogen (secondary N) is 1. The van der Waals surface area contributed by atoms with E-state index in [-0.39, 0.29) is 35.9 Å². The maximum absolute atomic E-state index is 14.3. The second-order valence-electron chi connectivity index (χ2n) is 9.57. The van der Waals surface area contributed by atoms with E-state index < -0.39 is 30.3 Å². The first-order valence-electron chi connectivity index (χ1n) is 12.2. The highest BCUT2D eigenvalue weighted by molar-refractivity contribution is 9.10. The van der Waals surface area contributed by atoms with E-state index in [9.17, 15) is 23.5 Å². The fraction of sp³-hybridized carbons (Fsp3) is 0.370. The lowest BCUT2D eigenvalue weighted by Crippen LogP contribution is -2.43. The molecule has 0 saturated carbocycles. The van der Waals surface area contributed by atoms with Crippen molar-refractivity contribution in [2.75, 3.05) is 24.5 Å². The molecule has 39 heavy (non-hydrogen) atoms. The molecule has 0 aliphatic carbocycles. The number of piperidine rings is 1. The molecule has 1 fully saturated rings. The molecular weight excluding hydrogens is 639 g/mol. The van der Waals surface area contributed by atoms with Gasteiger partial charge in [0.15, 0.2) is 0 Å². The van der Waals surface area contributed by atoms with Crippen LogP contribution in [0, 0.1) is 6.92 Å². The van der Waals surface area contributed by atoms with E-state index in [2.05, 4.69) is 26.2 Å². The number of benzene rings is 2. The van der Waals surface area contributed by atoms with Gasteiger partial charge in [-0.3, -0.25) is 9.59 Å². The van der Waals surface area contributed by atoms with Gasteiger partial charge in [0, 0.05) is 52.3 Å². The number of carboxylic acid groups (broad SMARTS) is 1. The Morgan fingerprint density at radius 1 is 1.21 bits per heavy atom. The Morgan fingerprint density at radius 2 is 1.92 bits per heavy atom. The molecule has 3 aromatic rings. The first-order valence-corrected chi connectivity index (χ1v) is 14.2. The van der Waals surface area contributed by atoms with Gasteiger partial charge < -0.3 is 15.3 Å². The second kappa shape index (κ2) is 12.1. The van der Waals surface area contributed by atoms with Crippen LogP contribution in [0.3, 0.4) is 0 Å². The maximum Gasteiger partial charge on any atom is 0.303 e. The Bertz CT molecular complexity index is 1440. The number of hydrogen-bond acceptors (Lipinski definition) is 4. The van der Waals surface area contributed by atoms with Gasteiger partial charge in [-0.1, -0.05) is 50.7 Å². The van der Waals surface area contributed by atoms with Crippen LogP contribution in [-0.2, 0) is 4.79 Å². The zero-order chi connectivity index (χ0) is 28.5. The Labute approximate surface area is 247 Å². The zero-order valence-corrected chi connectivity index (χ0v) is 24.7. The highest BCUT2D eigenvalue weighted by atomic mass is 79.9. The molecule has 1 aromatic heterocycles. The highest BCUT2D eigenvalue weighted by Crippen LogP contribution is 2.39. The number of aromatic nitrogens is 1. The van der Waals surface area contributed by atoms with Gasteiger partial charge in [0.05, 0.1) is 27.7 Å². The van der Waals surface area contributed by atoms with E-state index in [1.807, 2.05) is 0 Å². The molecule has 1 aliphatic heterocycles. The smallest absolute Gasteiger partial charge is 0.303 e. The standard InChI is InChI=1S/C27H25BrCl3F2N3O3/c1-14-22(17-11-16(28)4-7-20(17)35-25(14)36-10-2-9-27(32,33)13-36)26(39)34-12-15(3-8-21(37)38)23-18(29)5-6-19(30)24(23)31/h4-7,11,15H,2-3,8-10,12-13H2,1H3,(H,34,39)(H,37,38)/t15-/m0/s1. The lowest BCUT2D eigenvalue weighted by molar-refractivity contribution is -0.137. The van der Waals surface area contributed by atoms with Crippen LogP contribution in [0.4, 0.5) is 14.6 Å². The lowest BCUT2D eigenvalue weighted by Gasteiger charge is -2.34. The van der Waals surface area contributed by atoms with Crippen LogP contribution in [0.1, 0.15) is 53.1 Å². The van der Waals surface area contributed by atoms with E-state index >= 15 is 0 Å². The molecule has 4 rings (SSSR count). The molecule has 6 nitrogen and oxygen atoms in total. The number of fused-ring (bicyclic) bond motifs is 1. The van der Waals surface area contributed by atoms with E-state index in [0.29, 0.717) is 51.4 Å². The second-order valence-corrected chi connectivity index (χ2v) is 11.7. The van der Waals surface area contributed by atoms with Gasteiger partial charge in [0.1, 0.15) is 5.82 Å². The minimum Gasteiger partial charge on any atom is -0.481 e. The molecule has 2 aromatic carbocycles. The molecule has 2 heterocycles. The van der Waals surface area contributed by atoms with Crippen LogP contribution < -0.4 is 10.2 Å². The largest absolute Gasteiger partial charge is 0.481 e. The fourth-order valence-corrected chi connectivity index (χ4v) is 6.14. The number of carbonyl (C=O) groups is 2. The molecule has 0 unspecified atom stereocenters. The van der Waals surface area contributed by atoms with Gasteiger partial charge in [-0.2, -0.15) is 0 Å². The minimum atomic E-state index is -2.85. The summed E-state index contributed by atoms with van der Waals surface area (Å²) in [6, 6.07) is 8.36. The lowest BCUT2D eigenvalue weighted by atomic mass is 9.93. The van der Waals surface area contributed by atoms with Crippen molar-refractivity contribution in [1.82, 2.24) is 10.3 Å².